The number of anilines is 1. The lowest BCUT2D eigenvalue weighted by molar-refractivity contribution is -0.131. The Balaban J connectivity index is 0.00000208. The largest absolute Gasteiger partial charge is 0.397 e. The van der Waals surface area contributed by atoms with Gasteiger partial charge in [0.2, 0.25) is 5.91 Å². The molecule has 7 heteroatoms. The quantitative estimate of drug-likeness (QED) is 0.855. The Hall–Kier alpha value is -1.49. The van der Waals surface area contributed by atoms with Crippen LogP contribution >= 0.6 is 35.6 Å². The van der Waals surface area contributed by atoms with Gasteiger partial charge in [-0.25, -0.2) is 0 Å². The summed E-state index contributed by atoms with van der Waals surface area (Å²) in [5.74, 6) is 0.0656. The first-order valence-electron chi connectivity index (χ1n) is 7.49. The van der Waals surface area contributed by atoms with Crippen LogP contribution in [0.25, 0.3) is 0 Å². The zero-order valence-corrected chi connectivity index (χ0v) is 15.2. The summed E-state index contributed by atoms with van der Waals surface area (Å²) in [7, 11) is 0. The first kappa shape index (κ1) is 18.8. The van der Waals surface area contributed by atoms with E-state index in [4.69, 9.17) is 28.9 Å². The SMILES string of the molecule is Cl.Nc1ccc(CC(=O)N2CCCC2c2ccc(Cl)c(Cl)c2)nc1. The number of benzene rings is 1. The minimum absolute atomic E-state index is 0. The average molecular weight is 387 g/mol. The number of hydrogen-bond donors (Lipinski definition) is 1. The summed E-state index contributed by atoms with van der Waals surface area (Å²) < 4.78 is 0. The lowest BCUT2D eigenvalue weighted by Crippen LogP contribution is -2.32. The summed E-state index contributed by atoms with van der Waals surface area (Å²) in [5, 5.41) is 1.04. The Morgan fingerprint density at radius 1 is 1.25 bits per heavy atom. The third-order valence-electron chi connectivity index (χ3n) is 4.08. The molecule has 0 radical (unpaired) electrons. The van der Waals surface area contributed by atoms with Crippen molar-refractivity contribution in [1.82, 2.24) is 9.88 Å². The van der Waals surface area contributed by atoms with Crippen molar-refractivity contribution in [2.45, 2.75) is 25.3 Å². The molecule has 3 rings (SSSR count). The molecule has 0 aliphatic carbocycles. The van der Waals surface area contributed by atoms with Crippen LogP contribution in [0.2, 0.25) is 10.0 Å². The van der Waals surface area contributed by atoms with E-state index in [1.807, 2.05) is 17.0 Å². The van der Waals surface area contributed by atoms with Crippen molar-refractivity contribution in [2.75, 3.05) is 12.3 Å². The third-order valence-corrected chi connectivity index (χ3v) is 4.82. The highest BCUT2D eigenvalue weighted by molar-refractivity contribution is 6.42. The molecule has 1 fully saturated rings. The normalized spacial score (nSPS) is 16.8. The summed E-state index contributed by atoms with van der Waals surface area (Å²) in [6, 6.07) is 9.16. The van der Waals surface area contributed by atoms with E-state index in [9.17, 15) is 4.79 Å². The number of pyridine rings is 1. The van der Waals surface area contributed by atoms with Gasteiger partial charge in [-0.2, -0.15) is 0 Å². The first-order chi connectivity index (χ1) is 11.0. The van der Waals surface area contributed by atoms with Crippen molar-refractivity contribution in [3.8, 4) is 0 Å². The number of aromatic nitrogens is 1. The Bertz CT molecular complexity index is 722. The van der Waals surface area contributed by atoms with E-state index >= 15 is 0 Å². The van der Waals surface area contributed by atoms with Crippen molar-refractivity contribution in [3.05, 3.63) is 57.8 Å². The van der Waals surface area contributed by atoms with E-state index in [-0.39, 0.29) is 30.8 Å². The maximum absolute atomic E-state index is 12.6. The van der Waals surface area contributed by atoms with E-state index in [0.717, 1.165) is 30.6 Å². The number of halogens is 3. The van der Waals surface area contributed by atoms with Gasteiger partial charge in [0.1, 0.15) is 0 Å². The van der Waals surface area contributed by atoms with Crippen LogP contribution in [0.5, 0.6) is 0 Å². The number of nitrogen functional groups attached to an aromatic ring is 1. The number of nitrogens with two attached hydrogens (primary N) is 1. The number of hydrogen-bond acceptors (Lipinski definition) is 3. The molecule has 0 spiro atoms. The molecule has 1 saturated heterocycles. The Morgan fingerprint density at radius 2 is 2.04 bits per heavy atom. The molecule has 2 N–H and O–H groups in total. The molecule has 128 valence electrons. The van der Waals surface area contributed by atoms with Crippen LogP contribution in [0, 0.1) is 0 Å². The molecule has 1 unspecified atom stereocenters. The van der Waals surface area contributed by atoms with Crippen molar-refractivity contribution >= 4 is 47.2 Å². The number of likely N-dealkylation sites (tertiary alicyclic amines) is 1. The molecular formula is C17H18Cl3N3O. The summed E-state index contributed by atoms with van der Waals surface area (Å²) in [6.45, 7) is 0.749. The number of nitrogens with zero attached hydrogens (tertiary/aromatic N) is 2. The Labute approximate surface area is 157 Å². The molecule has 2 heterocycles. The van der Waals surface area contributed by atoms with Crippen molar-refractivity contribution in [3.63, 3.8) is 0 Å². The van der Waals surface area contributed by atoms with E-state index < -0.39 is 0 Å². The van der Waals surface area contributed by atoms with Crippen LogP contribution in [0.3, 0.4) is 0 Å². The maximum Gasteiger partial charge on any atom is 0.229 e. The van der Waals surface area contributed by atoms with Gasteiger partial charge in [-0.3, -0.25) is 9.78 Å². The molecule has 1 aromatic heterocycles. The summed E-state index contributed by atoms with van der Waals surface area (Å²) >= 11 is 12.1. The molecule has 4 nitrogen and oxygen atoms in total. The van der Waals surface area contributed by atoms with Crippen LogP contribution in [-0.2, 0) is 11.2 Å². The highest BCUT2D eigenvalue weighted by atomic mass is 35.5. The molecule has 1 amide bonds. The highest BCUT2D eigenvalue weighted by Crippen LogP contribution is 2.35. The number of carbonyl (C=O) groups is 1. The minimum atomic E-state index is 0. The van der Waals surface area contributed by atoms with Crippen molar-refractivity contribution in [2.24, 2.45) is 0 Å². The molecule has 1 atom stereocenters. The van der Waals surface area contributed by atoms with E-state index in [1.165, 1.54) is 0 Å². The van der Waals surface area contributed by atoms with Crippen LogP contribution in [0.1, 0.15) is 30.1 Å². The van der Waals surface area contributed by atoms with Crippen molar-refractivity contribution < 1.29 is 4.79 Å². The van der Waals surface area contributed by atoms with Gasteiger partial charge in [-0.15, -0.1) is 12.4 Å². The monoisotopic (exact) mass is 385 g/mol. The lowest BCUT2D eigenvalue weighted by atomic mass is 10.0. The predicted octanol–water partition coefficient (Wildman–Crippen LogP) is 4.30. The topological polar surface area (TPSA) is 59.2 Å². The molecule has 1 aliphatic heterocycles. The maximum atomic E-state index is 12.6. The van der Waals surface area contributed by atoms with Gasteiger partial charge in [0.05, 0.1) is 34.4 Å². The van der Waals surface area contributed by atoms with Gasteiger partial charge in [-0.1, -0.05) is 29.3 Å². The first-order valence-corrected chi connectivity index (χ1v) is 8.25. The number of rotatable bonds is 3. The van der Waals surface area contributed by atoms with Gasteiger partial charge >= 0.3 is 0 Å². The van der Waals surface area contributed by atoms with Crippen LogP contribution in [0.15, 0.2) is 36.5 Å². The number of amides is 1. The summed E-state index contributed by atoms with van der Waals surface area (Å²) in [4.78, 5) is 18.7. The molecule has 2 aromatic rings. The summed E-state index contributed by atoms with van der Waals surface area (Å²) in [6.07, 6.45) is 3.76. The zero-order chi connectivity index (χ0) is 16.4. The predicted molar refractivity (Wildman–Crippen MR) is 99.8 cm³/mol. The van der Waals surface area contributed by atoms with Crippen molar-refractivity contribution in [1.29, 1.82) is 0 Å². The van der Waals surface area contributed by atoms with Gasteiger partial charge in [0.25, 0.3) is 0 Å². The van der Waals surface area contributed by atoms with Crippen LogP contribution < -0.4 is 5.73 Å². The third kappa shape index (κ3) is 4.12. The Morgan fingerprint density at radius 3 is 2.71 bits per heavy atom. The van der Waals surface area contributed by atoms with E-state index in [2.05, 4.69) is 4.98 Å². The molecule has 0 saturated carbocycles. The standard InChI is InChI=1S/C17H17Cl2N3O.ClH/c18-14-6-3-11(8-15(14)19)16-2-1-7-22(16)17(23)9-13-5-4-12(20)10-21-13;/h3-6,8,10,16H,1-2,7,9,20H2;1H. The van der Waals surface area contributed by atoms with Crippen LogP contribution in [0.4, 0.5) is 5.69 Å². The molecule has 1 aromatic carbocycles. The fourth-order valence-electron chi connectivity index (χ4n) is 2.93. The Kier molecular flexibility index (Phi) is 6.33. The highest BCUT2D eigenvalue weighted by Gasteiger charge is 2.30. The summed E-state index contributed by atoms with van der Waals surface area (Å²) in [5.41, 5.74) is 7.97. The minimum Gasteiger partial charge on any atom is -0.397 e. The van der Waals surface area contributed by atoms with Gasteiger partial charge in [-0.05, 0) is 42.7 Å². The second-order valence-corrected chi connectivity index (χ2v) is 6.49. The fourth-order valence-corrected chi connectivity index (χ4v) is 3.23. The van der Waals surface area contributed by atoms with Crippen LogP contribution in [-0.4, -0.2) is 22.3 Å². The fraction of sp³-hybridized carbons (Fsp3) is 0.294. The molecule has 1 aliphatic rings. The molecule has 0 bridgehead atoms. The smallest absolute Gasteiger partial charge is 0.229 e. The second kappa shape index (κ2) is 8.06. The molecular weight excluding hydrogens is 369 g/mol. The zero-order valence-electron chi connectivity index (χ0n) is 12.9. The van der Waals surface area contributed by atoms with Gasteiger partial charge in [0, 0.05) is 12.2 Å². The van der Waals surface area contributed by atoms with Gasteiger partial charge in [0.15, 0.2) is 0 Å². The second-order valence-electron chi connectivity index (χ2n) is 5.68. The van der Waals surface area contributed by atoms with Gasteiger partial charge < -0.3 is 10.6 Å². The van der Waals surface area contributed by atoms with E-state index in [1.54, 1.807) is 24.4 Å². The number of carbonyl (C=O) groups excluding carboxylic acids is 1. The average Bonchev–Trinajstić information content (AvgIpc) is 3.02. The molecule has 24 heavy (non-hydrogen) atoms. The lowest BCUT2D eigenvalue weighted by Gasteiger charge is -2.25. The van der Waals surface area contributed by atoms with E-state index in [0.29, 0.717) is 15.7 Å².